The Labute approximate surface area is 262 Å². The van der Waals surface area contributed by atoms with Crippen LogP contribution in [0.4, 0.5) is 0 Å². The van der Waals surface area contributed by atoms with Gasteiger partial charge in [-0.2, -0.15) is 0 Å². The molecule has 4 heterocycles. The molecule has 4 heteroatoms. The molecule has 5 fully saturated rings. The van der Waals surface area contributed by atoms with Gasteiger partial charge in [0.25, 0.3) is 0 Å². The highest BCUT2D eigenvalue weighted by molar-refractivity contribution is 5.87. The van der Waals surface area contributed by atoms with Crippen LogP contribution in [0, 0.1) is 11.8 Å². The molecule has 0 N–H and O–H groups in total. The molecular formula is C40H48N2O2. The fraction of sp³-hybridized carbons (Fsp3) is 0.600. The van der Waals surface area contributed by atoms with E-state index < -0.39 is 0 Å². The van der Waals surface area contributed by atoms with Crippen molar-refractivity contribution in [2.45, 2.75) is 139 Å². The van der Waals surface area contributed by atoms with Crippen molar-refractivity contribution in [1.82, 2.24) is 9.47 Å². The summed E-state index contributed by atoms with van der Waals surface area (Å²) in [6.45, 7) is 6.86. The van der Waals surface area contributed by atoms with Crippen LogP contribution >= 0.6 is 0 Å². The highest BCUT2D eigenvalue weighted by atomic mass is 16.5. The van der Waals surface area contributed by atoms with Crippen molar-refractivity contribution in [2.75, 3.05) is 0 Å². The third kappa shape index (κ3) is 3.70. The molecule has 0 bridgehead atoms. The molecule has 10 rings (SSSR count). The van der Waals surface area contributed by atoms with E-state index >= 15 is 0 Å². The van der Waals surface area contributed by atoms with Crippen molar-refractivity contribution in [3.8, 4) is 11.4 Å². The van der Waals surface area contributed by atoms with Gasteiger partial charge in [-0.15, -0.1) is 0 Å². The van der Waals surface area contributed by atoms with Crippen molar-refractivity contribution in [3.63, 3.8) is 0 Å². The highest BCUT2D eigenvalue weighted by Crippen LogP contribution is 2.56. The van der Waals surface area contributed by atoms with Gasteiger partial charge in [0.15, 0.2) is 5.75 Å². The lowest BCUT2D eigenvalue weighted by Gasteiger charge is -2.53. The largest absolute Gasteiger partial charge is 0.457 e. The van der Waals surface area contributed by atoms with Crippen molar-refractivity contribution in [3.05, 3.63) is 58.1 Å². The van der Waals surface area contributed by atoms with Crippen LogP contribution in [0.2, 0.25) is 0 Å². The zero-order chi connectivity index (χ0) is 29.3. The first kappa shape index (κ1) is 26.6. The zero-order valence-corrected chi connectivity index (χ0v) is 26.9. The maximum Gasteiger partial charge on any atom is 0.151 e. The molecule has 2 aromatic carbocycles. The van der Waals surface area contributed by atoms with E-state index in [2.05, 4.69) is 72.7 Å². The Bertz CT molecular complexity index is 1790. The second-order valence-electron chi connectivity index (χ2n) is 16.4. The van der Waals surface area contributed by atoms with E-state index in [-0.39, 0.29) is 5.41 Å². The molecule has 230 valence electrons. The number of rotatable bonds is 1. The third-order valence-electron chi connectivity index (χ3n) is 13.2. The maximum absolute atomic E-state index is 6.91. The van der Waals surface area contributed by atoms with E-state index in [0.29, 0.717) is 30.2 Å². The number of hydrogen-bond acceptors (Lipinski definition) is 3. The number of benzene rings is 2. The molecule has 8 atom stereocenters. The van der Waals surface area contributed by atoms with Gasteiger partial charge in [-0.25, -0.2) is 0 Å². The summed E-state index contributed by atoms with van der Waals surface area (Å²) in [5.41, 5.74) is 5.53. The fourth-order valence-corrected chi connectivity index (χ4v) is 11.3. The quantitative estimate of drug-likeness (QED) is 0.295. The van der Waals surface area contributed by atoms with Gasteiger partial charge in [0.2, 0.25) is 0 Å². The summed E-state index contributed by atoms with van der Waals surface area (Å²) in [4.78, 5) is 3.10. The van der Waals surface area contributed by atoms with Crippen LogP contribution in [0.1, 0.15) is 115 Å². The Balaban J connectivity index is 1.02. The summed E-state index contributed by atoms with van der Waals surface area (Å²) in [6, 6.07) is 16.6. The summed E-state index contributed by atoms with van der Waals surface area (Å²) < 4.78 is 16.1. The monoisotopic (exact) mass is 588 g/mol. The van der Waals surface area contributed by atoms with Gasteiger partial charge in [-0.1, -0.05) is 58.2 Å². The predicted molar refractivity (Wildman–Crippen MR) is 177 cm³/mol. The van der Waals surface area contributed by atoms with E-state index in [1.807, 2.05) is 0 Å². The summed E-state index contributed by atoms with van der Waals surface area (Å²) in [5.74, 6) is 4.51. The van der Waals surface area contributed by atoms with Crippen molar-refractivity contribution < 1.29 is 9.47 Å². The molecule has 3 aromatic rings. The van der Waals surface area contributed by atoms with E-state index in [1.54, 1.807) is 5.56 Å². The molecular weight excluding hydrogens is 540 g/mol. The molecule has 8 unspecified atom stereocenters. The average Bonchev–Trinajstić information content (AvgIpc) is 3.55. The lowest BCUT2D eigenvalue weighted by molar-refractivity contribution is -0.177. The summed E-state index contributed by atoms with van der Waals surface area (Å²) in [6.07, 6.45) is 19.1. The smallest absolute Gasteiger partial charge is 0.151 e. The summed E-state index contributed by atoms with van der Waals surface area (Å²) in [7, 11) is 0. The van der Waals surface area contributed by atoms with Gasteiger partial charge in [0, 0.05) is 35.2 Å². The molecule has 3 aliphatic heterocycles. The van der Waals surface area contributed by atoms with E-state index in [4.69, 9.17) is 9.47 Å². The van der Waals surface area contributed by atoms with E-state index in [0.717, 1.165) is 42.2 Å². The molecule has 0 radical (unpaired) electrons. The Morgan fingerprint density at radius 3 is 2.61 bits per heavy atom. The van der Waals surface area contributed by atoms with Crippen LogP contribution in [0.15, 0.2) is 36.4 Å². The average molecular weight is 589 g/mol. The van der Waals surface area contributed by atoms with Crippen LogP contribution in [-0.4, -0.2) is 39.8 Å². The van der Waals surface area contributed by atoms with Gasteiger partial charge < -0.3 is 14.0 Å². The molecule has 0 amide bonds. The molecule has 7 aliphatic rings. The topological polar surface area (TPSA) is 26.6 Å². The molecule has 1 aromatic heterocycles. The first-order chi connectivity index (χ1) is 21.4. The normalized spacial score (nSPS) is 35.6. The zero-order valence-electron chi connectivity index (χ0n) is 26.9. The Hall–Kier alpha value is -2.56. The molecule has 2 saturated heterocycles. The number of hydrogen-bond donors (Lipinski definition) is 0. The van der Waals surface area contributed by atoms with Crippen molar-refractivity contribution >= 4 is 22.7 Å². The SMILES string of the molecule is CC(C)(C)c1ccc2c(c1)OC1=c3c(c4cc(C5CCC6C(C5)C5CCCC7OC8CCCCC8N6C75)ccc4n3-2)=CCC1. The molecule has 44 heavy (non-hydrogen) atoms. The molecule has 3 saturated carbocycles. The van der Waals surface area contributed by atoms with Crippen LogP contribution in [0.5, 0.6) is 5.75 Å². The van der Waals surface area contributed by atoms with Crippen molar-refractivity contribution in [2.24, 2.45) is 11.8 Å². The summed E-state index contributed by atoms with van der Waals surface area (Å²) in [5, 5.41) is 4.12. The van der Waals surface area contributed by atoms with Crippen LogP contribution in [-0.2, 0) is 10.2 Å². The standard InChI is InChI=1S/C40H48N2O2/c1-40(2,3)25-16-19-33-37(22-25)44-36-13-7-9-27-29-21-24(15-18-31(29)42(33)39(27)36)23-14-17-30-28(20-23)26-8-6-12-35-38(26)41(30)32-10-4-5-11-34(32)43-35/h9,15-16,18-19,21-23,26,28,30,32,34-35,38H,4-8,10-14,17,20H2,1-3H3. The Kier molecular flexibility index (Phi) is 5.74. The highest BCUT2D eigenvalue weighted by Gasteiger charge is 2.60. The third-order valence-corrected chi connectivity index (χ3v) is 13.2. The Morgan fingerprint density at radius 2 is 1.70 bits per heavy atom. The molecule has 0 spiro atoms. The fourth-order valence-electron chi connectivity index (χ4n) is 11.3. The van der Waals surface area contributed by atoms with Gasteiger partial charge in [-0.3, -0.25) is 4.90 Å². The summed E-state index contributed by atoms with van der Waals surface area (Å²) >= 11 is 0. The number of fused-ring (bicyclic) bond motifs is 10. The Morgan fingerprint density at radius 1 is 0.818 bits per heavy atom. The first-order valence-corrected chi connectivity index (χ1v) is 18.1. The minimum atomic E-state index is 0.0965. The second kappa shape index (κ2) is 9.48. The van der Waals surface area contributed by atoms with E-state index in [9.17, 15) is 0 Å². The van der Waals surface area contributed by atoms with Gasteiger partial charge in [0.05, 0.1) is 28.8 Å². The maximum atomic E-state index is 6.91. The minimum Gasteiger partial charge on any atom is -0.457 e. The van der Waals surface area contributed by atoms with Gasteiger partial charge in [-0.05, 0) is 110 Å². The lowest BCUT2D eigenvalue weighted by atomic mass is 9.68. The number of nitrogens with zero attached hydrogens (tertiary/aromatic N) is 2. The first-order valence-electron chi connectivity index (χ1n) is 18.1. The van der Waals surface area contributed by atoms with Crippen LogP contribution < -0.4 is 15.3 Å². The van der Waals surface area contributed by atoms with Crippen molar-refractivity contribution in [1.29, 1.82) is 0 Å². The predicted octanol–water partition coefficient (Wildman–Crippen LogP) is 7.45. The van der Waals surface area contributed by atoms with Crippen LogP contribution in [0.3, 0.4) is 0 Å². The number of aromatic nitrogens is 1. The van der Waals surface area contributed by atoms with Gasteiger partial charge in [0.1, 0.15) is 5.76 Å². The lowest BCUT2D eigenvalue weighted by Crippen LogP contribution is -2.63. The van der Waals surface area contributed by atoms with Crippen LogP contribution in [0.25, 0.3) is 28.4 Å². The van der Waals surface area contributed by atoms with Gasteiger partial charge >= 0.3 is 0 Å². The number of ether oxygens (including phenoxy) is 2. The minimum absolute atomic E-state index is 0.0965. The van der Waals surface area contributed by atoms with E-state index in [1.165, 1.54) is 96.9 Å². The molecule has 4 nitrogen and oxygen atoms in total. The second-order valence-corrected chi connectivity index (χ2v) is 16.4. The number of morpholine rings is 1. The molecule has 4 aliphatic carbocycles.